The zero-order valence-corrected chi connectivity index (χ0v) is 19.5. The molecule has 1 aliphatic rings. The Hall–Kier alpha value is -2.04. The molecule has 1 saturated carbocycles. The van der Waals surface area contributed by atoms with Crippen LogP contribution in [0.25, 0.3) is 0 Å². The van der Waals surface area contributed by atoms with Crippen molar-refractivity contribution in [3.05, 3.63) is 69.7 Å². The molecule has 1 atom stereocenters. The van der Waals surface area contributed by atoms with Crippen molar-refractivity contribution < 1.29 is 9.59 Å². The van der Waals surface area contributed by atoms with Crippen molar-refractivity contribution in [2.45, 2.75) is 70.5 Å². The first kappa shape index (κ1) is 23.6. The largest absolute Gasteiger partial charge is 0.352 e. The van der Waals surface area contributed by atoms with Crippen LogP contribution in [0.2, 0.25) is 10.0 Å². The van der Waals surface area contributed by atoms with Crippen LogP contribution in [0.15, 0.2) is 48.5 Å². The van der Waals surface area contributed by atoms with Crippen molar-refractivity contribution in [2.75, 3.05) is 0 Å². The fourth-order valence-electron chi connectivity index (χ4n) is 4.13. The highest BCUT2D eigenvalue weighted by Crippen LogP contribution is 2.28. The van der Waals surface area contributed by atoms with Crippen LogP contribution in [-0.2, 0) is 22.6 Å². The summed E-state index contributed by atoms with van der Waals surface area (Å²) in [6.07, 6.45) is 5.74. The van der Waals surface area contributed by atoms with Crippen molar-refractivity contribution in [3.8, 4) is 0 Å². The van der Waals surface area contributed by atoms with Gasteiger partial charge in [-0.3, -0.25) is 9.59 Å². The van der Waals surface area contributed by atoms with Gasteiger partial charge in [0.25, 0.3) is 0 Å². The van der Waals surface area contributed by atoms with Crippen LogP contribution in [0.5, 0.6) is 0 Å². The molecule has 1 fully saturated rings. The minimum absolute atomic E-state index is 0.0685. The Morgan fingerprint density at radius 2 is 1.68 bits per heavy atom. The molecule has 0 saturated heterocycles. The third kappa shape index (κ3) is 6.47. The number of rotatable bonds is 9. The fraction of sp³-hybridized carbons (Fsp3) is 0.440. The number of halogens is 2. The number of hydrogen-bond donors (Lipinski definition) is 1. The first-order valence-electron chi connectivity index (χ1n) is 11.1. The van der Waals surface area contributed by atoms with Crippen molar-refractivity contribution >= 4 is 35.0 Å². The molecule has 31 heavy (non-hydrogen) atoms. The molecule has 166 valence electrons. The lowest BCUT2D eigenvalue weighted by molar-refractivity contribution is -0.141. The van der Waals surface area contributed by atoms with Crippen molar-refractivity contribution in [2.24, 2.45) is 0 Å². The van der Waals surface area contributed by atoms with Gasteiger partial charge in [0.05, 0.1) is 0 Å². The van der Waals surface area contributed by atoms with Crippen LogP contribution in [0.4, 0.5) is 0 Å². The minimum Gasteiger partial charge on any atom is -0.352 e. The topological polar surface area (TPSA) is 49.4 Å². The summed E-state index contributed by atoms with van der Waals surface area (Å²) in [6, 6.07) is 14.7. The maximum Gasteiger partial charge on any atom is 0.243 e. The van der Waals surface area contributed by atoms with Crippen LogP contribution in [0.1, 0.15) is 56.6 Å². The SMILES string of the molecule is CCCC(=O)N(Cc1c(Cl)cccc1Cl)C(Cc1ccccc1)C(=O)NC1CCCC1. The second-order valence-corrected chi connectivity index (χ2v) is 8.98. The molecule has 2 amide bonds. The van der Waals surface area contributed by atoms with Gasteiger partial charge in [-0.1, -0.05) is 79.4 Å². The molecule has 0 aliphatic heterocycles. The Morgan fingerprint density at radius 1 is 1.03 bits per heavy atom. The average Bonchev–Trinajstić information content (AvgIpc) is 3.26. The number of hydrogen-bond acceptors (Lipinski definition) is 2. The van der Waals surface area contributed by atoms with E-state index in [2.05, 4.69) is 5.32 Å². The molecule has 0 spiro atoms. The van der Waals surface area contributed by atoms with Gasteiger partial charge in [0, 0.05) is 41.0 Å². The Kier molecular flexibility index (Phi) is 8.79. The van der Waals surface area contributed by atoms with Gasteiger partial charge in [0.1, 0.15) is 6.04 Å². The van der Waals surface area contributed by atoms with E-state index in [1.54, 1.807) is 23.1 Å². The van der Waals surface area contributed by atoms with E-state index in [9.17, 15) is 9.59 Å². The summed E-state index contributed by atoms with van der Waals surface area (Å²) in [5, 5.41) is 4.19. The highest BCUT2D eigenvalue weighted by atomic mass is 35.5. The van der Waals surface area contributed by atoms with Crippen LogP contribution >= 0.6 is 23.2 Å². The van der Waals surface area contributed by atoms with E-state index in [0.29, 0.717) is 34.9 Å². The van der Waals surface area contributed by atoms with Crippen LogP contribution in [0, 0.1) is 0 Å². The van der Waals surface area contributed by atoms with E-state index >= 15 is 0 Å². The van der Waals surface area contributed by atoms with Crippen LogP contribution in [0.3, 0.4) is 0 Å². The summed E-state index contributed by atoms with van der Waals surface area (Å²) in [5.41, 5.74) is 1.68. The molecule has 1 unspecified atom stereocenters. The predicted molar refractivity (Wildman–Crippen MR) is 126 cm³/mol. The maximum absolute atomic E-state index is 13.4. The van der Waals surface area contributed by atoms with Gasteiger partial charge < -0.3 is 10.2 Å². The Balaban J connectivity index is 1.93. The molecular formula is C25H30Cl2N2O2. The van der Waals surface area contributed by atoms with E-state index in [1.807, 2.05) is 37.3 Å². The summed E-state index contributed by atoms with van der Waals surface area (Å²) >= 11 is 12.8. The van der Waals surface area contributed by atoms with Crippen molar-refractivity contribution in [1.82, 2.24) is 10.2 Å². The fourth-order valence-corrected chi connectivity index (χ4v) is 4.65. The van der Waals surface area contributed by atoms with Gasteiger partial charge >= 0.3 is 0 Å². The third-order valence-electron chi connectivity index (χ3n) is 5.83. The summed E-state index contributed by atoms with van der Waals surface area (Å²) in [7, 11) is 0. The number of nitrogens with one attached hydrogen (secondary N) is 1. The number of carbonyl (C=O) groups is 2. The Morgan fingerprint density at radius 3 is 2.29 bits per heavy atom. The Labute approximate surface area is 194 Å². The van der Waals surface area contributed by atoms with Crippen molar-refractivity contribution in [3.63, 3.8) is 0 Å². The van der Waals surface area contributed by atoms with Gasteiger partial charge in [0.2, 0.25) is 11.8 Å². The molecular weight excluding hydrogens is 431 g/mol. The standard InChI is InChI=1S/C25H30Cl2N2O2/c1-2-9-24(30)29(17-20-21(26)14-8-15-22(20)27)23(16-18-10-4-3-5-11-18)25(31)28-19-12-6-7-13-19/h3-5,8,10-11,14-15,19,23H,2,6-7,9,12-13,16-17H2,1H3,(H,28,31). The van der Waals surface area contributed by atoms with Crippen LogP contribution < -0.4 is 5.32 Å². The van der Waals surface area contributed by atoms with Crippen molar-refractivity contribution in [1.29, 1.82) is 0 Å². The molecule has 2 aromatic carbocycles. The molecule has 0 aromatic heterocycles. The zero-order valence-electron chi connectivity index (χ0n) is 17.9. The highest BCUT2D eigenvalue weighted by molar-refractivity contribution is 6.36. The maximum atomic E-state index is 13.4. The third-order valence-corrected chi connectivity index (χ3v) is 6.53. The van der Waals surface area contributed by atoms with E-state index in [4.69, 9.17) is 23.2 Å². The van der Waals surface area contributed by atoms with E-state index < -0.39 is 6.04 Å². The lowest BCUT2D eigenvalue weighted by atomic mass is 10.0. The molecule has 1 aliphatic carbocycles. The summed E-state index contributed by atoms with van der Waals surface area (Å²) in [5.74, 6) is -0.177. The molecule has 6 heteroatoms. The number of nitrogens with zero attached hydrogens (tertiary/aromatic N) is 1. The normalized spacial score (nSPS) is 14.9. The van der Waals surface area contributed by atoms with E-state index in [-0.39, 0.29) is 24.4 Å². The predicted octanol–water partition coefficient (Wildman–Crippen LogP) is 5.79. The molecule has 3 rings (SSSR count). The monoisotopic (exact) mass is 460 g/mol. The average molecular weight is 461 g/mol. The zero-order chi connectivity index (χ0) is 22.2. The van der Waals surface area contributed by atoms with E-state index in [1.165, 1.54) is 0 Å². The summed E-state index contributed by atoms with van der Waals surface area (Å²) < 4.78 is 0. The Bertz CT molecular complexity index is 862. The number of carbonyl (C=O) groups excluding carboxylic acids is 2. The summed E-state index contributed by atoms with van der Waals surface area (Å²) in [4.78, 5) is 28.3. The highest BCUT2D eigenvalue weighted by Gasteiger charge is 2.32. The van der Waals surface area contributed by atoms with Gasteiger partial charge in [-0.15, -0.1) is 0 Å². The van der Waals surface area contributed by atoms with Gasteiger partial charge in [-0.25, -0.2) is 0 Å². The quantitative estimate of drug-likeness (QED) is 0.514. The molecule has 0 radical (unpaired) electrons. The van der Waals surface area contributed by atoms with E-state index in [0.717, 1.165) is 31.2 Å². The summed E-state index contributed by atoms with van der Waals surface area (Å²) in [6.45, 7) is 2.16. The first-order chi connectivity index (χ1) is 15.0. The molecule has 2 aromatic rings. The second kappa shape index (κ2) is 11.5. The molecule has 0 bridgehead atoms. The molecule has 1 N–H and O–H groups in total. The smallest absolute Gasteiger partial charge is 0.243 e. The van der Waals surface area contributed by atoms with Gasteiger partial charge in [0.15, 0.2) is 0 Å². The molecule has 0 heterocycles. The van der Waals surface area contributed by atoms with Crippen LogP contribution in [-0.4, -0.2) is 28.8 Å². The minimum atomic E-state index is -0.630. The molecule has 4 nitrogen and oxygen atoms in total. The van der Waals surface area contributed by atoms with Gasteiger partial charge in [-0.2, -0.15) is 0 Å². The number of benzene rings is 2. The van der Waals surface area contributed by atoms with Gasteiger partial charge in [-0.05, 0) is 37.0 Å². The first-order valence-corrected chi connectivity index (χ1v) is 11.8. The lowest BCUT2D eigenvalue weighted by Crippen LogP contribution is -2.52. The second-order valence-electron chi connectivity index (χ2n) is 8.17. The number of amides is 2. The lowest BCUT2D eigenvalue weighted by Gasteiger charge is -2.33.